The highest BCUT2D eigenvalue weighted by molar-refractivity contribution is 9.10. The van der Waals surface area contributed by atoms with E-state index >= 15 is 0 Å². The van der Waals surface area contributed by atoms with Crippen LogP contribution in [0.4, 0.5) is 5.82 Å². The van der Waals surface area contributed by atoms with Gasteiger partial charge < -0.3 is 16.4 Å². The number of nitrogens with zero attached hydrogens (tertiary/aromatic N) is 1. The largest absolute Gasteiger partial charge is 0.370 e. The van der Waals surface area contributed by atoms with Crippen LogP contribution >= 0.6 is 15.9 Å². The van der Waals surface area contributed by atoms with Crippen molar-refractivity contribution < 1.29 is 9.59 Å². The van der Waals surface area contributed by atoms with Gasteiger partial charge in [0.1, 0.15) is 11.9 Å². The molecule has 1 heterocycles. The molecule has 0 aliphatic heterocycles. The lowest BCUT2D eigenvalue weighted by Gasteiger charge is -2.19. The van der Waals surface area contributed by atoms with Crippen LogP contribution in [0.3, 0.4) is 0 Å². The van der Waals surface area contributed by atoms with Crippen molar-refractivity contribution >= 4 is 33.6 Å². The van der Waals surface area contributed by atoms with Crippen LogP contribution in [0.1, 0.15) is 31.1 Å². The smallest absolute Gasteiger partial charge is 0.255 e. The van der Waals surface area contributed by atoms with Gasteiger partial charge in [0, 0.05) is 17.2 Å². The van der Waals surface area contributed by atoms with Crippen LogP contribution in [0.5, 0.6) is 0 Å². The minimum absolute atomic E-state index is 0.0841. The standard InChI is InChI=1S/C13H19BrN4O2/c1-4-16-12-9(5-8(14)6-17-12)13(20)18-10(7(2)3)11(15)19/h5-7,10H,4H2,1-3H3,(H2,15,19)(H,16,17)(H,18,20). The van der Waals surface area contributed by atoms with Gasteiger partial charge in [-0.05, 0) is 34.8 Å². The third-order valence-electron chi connectivity index (χ3n) is 2.70. The van der Waals surface area contributed by atoms with E-state index in [4.69, 9.17) is 5.73 Å². The summed E-state index contributed by atoms with van der Waals surface area (Å²) < 4.78 is 0.685. The molecule has 0 fully saturated rings. The molecule has 1 atom stereocenters. The van der Waals surface area contributed by atoms with Crippen LogP contribution in [0.15, 0.2) is 16.7 Å². The third-order valence-corrected chi connectivity index (χ3v) is 3.14. The Hall–Kier alpha value is -1.63. The summed E-state index contributed by atoms with van der Waals surface area (Å²) in [5.41, 5.74) is 5.67. The van der Waals surface area contributed by atoms with E-state index in [9.17, 15) is 9.59 Å². The molecule has 7 heteroatoms. The van der Waals surface area contributed by atoms with Crippen molar-refractivity contribution in [1.29, 1.82) is 0 Å². The molecule has 110 valence electrons. The zero-order valence-corrected chi connectivity index (χ0v) is 13.3. The Kier molecular flexibility index (Phi) is 5.94. The Morgan fingerprint density at radius 1 is 1.45 bits per heavy atom. The number of pyridine rings is 1. The SMILES string of the molecule is CCNc1ncc(Br)cc1C(=O)NC(C(N)=O)C(C)C. The molecule has 20 heavy (non-hydrogen) atoms. The first-order valence-electron chi connectivity index (χ1n) is 6.36. The maximum atomic E-state index is 12.3. The van der Waals surface area contributed by atoms with Crippen molar-refractivity contribution in [2.45, 2.75) is 26.8 Å². The van der Waals surface area contributed by atoms with Crippen LogP contribution in [-0.2, 0) is 4.79 Å². The summed E-state index contributed by atoms with van der Waals surface area (Å²) in [5.74, 6) is -0.548. The molecule has 0 saturated carbocycles. The van der Waals surface area contributed by atoms with Crippen LogP contribution in [0, 0.1) is 5.92 Å². The quantitative estimate of drug-likeness (QED) is 0.729. The van der Waals surface area contributed by atoms with Crippen molar-refractivity contribution in [3.05, 3.63) is 22.3 Å². The zero-order chi connectivity index (χ0) is 15.3. The first-order chi connectivity index (χ1) is 9.36. The Bertz CT molecular complexity index is 505. The Labute approximate surface area is 126 Å². The van der Waals surface area contributed by atoms with Crippen LogP contribution < -0.4 is 16.4 Å². The van der Waals surface area contributed by atoms with Gasteiger partial charge in [0.05, 0.1) is 5.56 Å². The molecule has 2 amide bonds. The van der Waals surface area contributed by atoms with Gasteiger partial charge in [0.25, 0.3) is 5.91 Å². The van der Waals surface area contributed by atoms with E-state index < -0.39 is 11.9 Å². The topological polar surface area (TPSA) is 97.1 Å². The Morgan fingerprint density at radius 3 is 2.60 bits per heavy atom. The molecular weight excluding hydrogens is 324 g/mol. The van der Waals surface area contributed by atoms with Crippen molar-refractivity contribution in [3.63, 3.8) is 0 Å². The van der Waals surface area contributed by atoms with Crippen molar-refractivity contribution in [1.82, 2.24) is 10.3 Å². The molecule has 0 spiro atoms. The summed E-state index contributed by atoms with van der Waals surface area (Å²) in [6.07, 6.45) is 1.60. The van der Waals surface area contributed by atoms with Gasteiger partial charge in [-0.1, -0.05) is 13.8 Å². The third kappa shape index (κ3) is 4.19. The van der Waals surface area contributed by atoms with E-state index in [-0.39, 0.29) is 11.8 Å². The maximum absolute atomic E-state index is 12.3. The van der Waals surface area contributed by atoms with Crippen LogP contribution in [0.2, 0.25) is 0 Å². The number of carbonyl (C=O) groups is 2. The van der Waals surface area contributed by atoms with Crippen LogP contribution in [-0.4, -0.2) is 29.4 Å². The van der Waals surface area contributed by atoms with Gasteiger partial charge >= 0.3 is 0 Å². The number of anilines is 1. The second kappa shape index (κ2) is 7.23. The summed E-state index contributed by atoms with van der Waals surface area (Å²) in [4.78, 5) is 27.8. The Morgan fingerprint density at radius 2 is 2.10 bits per heavy atom. The molecule has 1 unspecified atom stereocenters. The molecule has 0 aliphatic carbocycles. The highest BCUT2D eigenvalue weighted by atomic mass is 79.9. The van der Waals surface area contributed by atoms with Crippen LogP contribution in [0.25, 0.3) is 0 Å². The minimum atomic E-state index is -0.712. The van der Waals surface area contributed by atoms with Gasteiger partial charge in [0.2, 0.25) is 5.91 Å². The first kappa shape index (κ1) is 16.4. The normalized spacial score (nSPS) is 12.1. The van der Waals surface area contributed by atoms with Crippen molar-refractivity contribution in [2.24, 2.45) is 11.7 Å². The number of nitrogens with one attached hydrogen (secondary N) is 2. The number of carbonyl (C=O) groups excluding carboxylic acids is 2. The average Bonchev–Trinajstić information content (AvgIpc) is 2.37. The van der Waals surface area contributed by atoms with E-state index in [0.717, 1.165) is 0 Å². The molecule has 0 bridgehead atoms. The van der Waals surface area contributed by atoms with Gasteiger partial charge in [-0.15, -0.1) is 0 Å². The second-order valence-electron chi connectivity index (χ2n) is 4.68. The summed E-state index contributed by atoms with van der Waals surface area (Å²) in [6, 6.07) is 0.939. The van der Waals surface area contributed by atoms with E-state index in [0.29, 0.717) is 22.4 Å². The first-order valence-corrected chi connectivity index (χ1v) is 7.15. The average molecular weight is 343 g/mol. The number of aromatic nitrogens is 1. The number of halogens is 1. The van der Waals surface area contributed by atoms with Crippen molar-refractivity contribution in [2.75, 3.05) is 11.9 Å². The number of nitrogens with two attached hydrogens (primary N) is 1. The lowest BCUT2D eigenvalue weighted by molar-refractivity contribution is -0.120. The Balaban J connectivity index is 3.01. The van der Waals surface area contributed by atoms with Gasteiger partial charge in [-0.2, -0.15) is 0 Å². The highest BCUT2D eigenvalue weighted by Crippen LogP contribution is 2.18. The second-order valence-corrected chi connectivity index (χ2v) is 5.59. The van der Waals surface area contributed by atoms with Crippen molar-refractivity contribution in [3.8, 4) is 0 Å². The minimum Gasteiger partial charge on any atom is -0.370 e. The molecule has 0 radical (unpaired) electrons. The zero-order valence-electron chi connectivity index (χ0n) is 11.7. The number of rotatable bonds is 6. The number of primary amides is 1. The van der Waals surface area contributed by atoms with E-state index in [1.54, 1.807) is 12.3 Å². The molecule has 4 N–H and O–H groups in total. The van der Waals surface area contributed by atoms with Gasteiger partial charge in [0.15, 0.2) is 0 Å². The highest BCUT2D eigenvalue weighted by Gasteiger charge is 2.23. The van der Waals surface area contributed by atoms with E-state index in [2.05, 4.69) is 31.5 Å². The van der Waals surface area contributed by atoms with E-state index in [1.807, 2.05) is 20.8 Å². The number of amides is 2. The molecular formula is C13H19BrN4O2. The summed E-state index contributed by atoms with van der Waals surface area (Å²) in [6.45, 7) is 6.18. The summed E-state index contributed by atoms with van der Waals surface area (Å²) in [7, 11) is 0. The molecule has 1 aromatic heterocycles. The lowest BCUT2D eigenvalue weighted by Crippen LogP contribution is -2.47. The summed E-state index contributed by atoms with van der Waals surface area (Å²) >= 11 is 3.28. The predicted molar refractivity (Wildman–Crippen MR) is 81.4 cm³/mol. The number of hydrogen-bond donors (Lipinski definition) is 3. The fraction of sp³-hybridized carbons (Fsp3) is 0.462. The molecule has 0 aliphatic rings. The molecule has 1 aromatic rings. The summed E-state index contributed by atoms with van der Waals surface area (Å²) in [5, 5.41) is 5.65. The monoisotopic (exact) mass is 342 g/mol. The fourth-order valence-corrected chi connectivity index (χ4v) is 2.04. The van der Waals surface area contributed by atoms with E-state index in [1.165, 1.54) is 0 Å². The molecule has 0 aromatic carbocycles. The fourth-order valence-electron chi connectivity index (χ4n) is 1.71. The predicted octanol–water partition coefficient (Wildman–Crippen LogP) is 1.52. The number of hydrogen-bond acceptors (Lipinski definition) is 4. The van der Waals surface area contributed by atoms with Gasteiger partial charge in [-0.25, -0.2) is 4.98 Å². The molecule has 1 rings (SSSR count). The van der Waals surface area contributed by atoms with Gasteiger partial charge in [-0.3, -0.25) is 9.59 Å². The molecule has 0 saturated heterocycles. The molecule has 6 nitrogen and oxygen atoms in total. The maximum Gasteiger partial charge on any atom is 0.255 e. The lowest BCUT2D eigenvalue weighted by atomic mass is 10.0.